The fourth-order valence-electron chi connectivity index (χ4n) is 8.82. The molecule has 0 aromatic heterocycles. The van der Waals surface area contributed by atoms with Gasteiger partial charge in [0.05, 0.1) is 17.3 Å². The van der Waals surface area contributed by atoms with Crippen LogP contribution in [-0.4, -0.2) is 57.5 Å². The minimum atomic E-state index is -0.965. The fourth-order valence-corrected chi connectivity index (χ4v) is 8.82. The summed E-state index contributed by atoms with van der Waals surface area (Å²) in [7, 11) is 0. The number of fused-ring (bicyclic) bond motifs is 5. The zero-order valence-corrected chi connectivity index (χ0v) is 20.2. The van der Waals surface area contributed by atoms with Crippen molar-refractivity contribution in [3.8, 4) is 0 Å². The van der Waals surface area contributed by atoms with Gasteiger partial charge >= 0.3 is 5.97 Å². The van der Waals surface area contributed by atoms with Gasteiger partial charge in [-0.05, 0) is 75.7 Å². The maximum Gasteiger partial charge on any atom is 0.331 e. The van der Waals surface area contributed by atoms with E-state index in [2.05, 4.69) is 20.1 Å². The van der Waals surface area contributed by atoms with Crippen molar-refractivity contribution in [3.05, 3.63) is 12.2 Å². The van der Waals surface area contributed by atoms with Gasteiger partial charge in [-0.1, -0.05) is 20.3 Å². The number of carbonyl (C=O) groups is 1. The Morgan fingerprint density at radius 1 is 1.09 bits per heavy atom. The van der Waals surface area contributed by atoms with E-state index in [1.165, 1.54) is 6.08 Å². The highest BCUT2D eigenvalue weighted by Crippen LogP contribution is 2.70. The second kappa shape index (κ2) is 8.17. The van der Waals surface area contributed by atoms with E-state index < -0.39 is 22.7 Å². The highest BCUT2D eigenvalue weighted by molar-refractivity contribution is 5.84. The summed E-state index contributed by atoms with van der Waals surface area (Å²) in [6.07, 6.45) is 13.3. The van der Waals surface area contributed by atoms with Crippen molar-refractivity contribution in [2.45, 2.75) is 108 Å². The van der Waals surface area contributed by atoms with Gasteiger partial charge in [0.25, 0.3) is 0 Å². The van der Waals surface area contributed by atoms with Crippen LogP contribution < -0.4 is 0 Å². The van der Waals surface area contributed by atoms with E-state index in [1.54, 1.807) is 0 Å². The third kappa shape index (κ3) is 3.30. The van der Waals surface area contributed by atoms with Gasteiger partial charge in [0.2, 0.25) is 0 Å². The van der Waals surface area contributed by atoms with Crippen LogP contribution in [0.1, 0.15) is 84.5 Å². The molecule has 0 amide bonds. The maximum atomic E-state index is 12.4. The van der Waals surface area contributed by atoms with E-state index >= 15 is 0 Å². The molecule has 33 heavy (non-hydrogen) atoms. The van der Waals surface area contributed by atoms with Gasteiger partial charge in [0.15, 0.2) is 0 Å². The first-order valence-electron chi connectivity index (χ1n) is 13.2. The molecule has 184 valence electrons. The number of carbonyl (C=O) groups excluding carboxylic acids is 1. The summed E-state index contributed by atoms with van der Waals surface area (Å²) in [6, 6.07) is 0. The predicted octanol–water partition coefficient (Wildman–Crippen LogP) is 3.57. The molecule has 4 fully saturated rings. The Labute approximate surface area is 197 Å². The summed E-state index contributed by atoms with van der Waals surface area (Å²) in [5.41, 5.74) is -2.62. The van der Waals surface area contributed by atoms with Crippen molar-refractivity contribution < 1.29 is 24.9 Å². The Kier molecular flexibility index (Phi) is 5.81. The Morgan fingerprint density at radius 2 is 1.85 bits per heavy atom. The summed E-state index contributed by atoms with van der Waals surface area (Å²) < 4.78 is 5.60. The molecule has 1 heterocycles. The molecule has 0 bridgehead atoms. The van der Waals surface area contributed by atoms with Crippen LogP contribution in [0.4, 0.5) is 0 Å². The largest absolute Gasteiger partial charge is 0.455 e. The van der Waals surface area contributed by atoms with E-state index in [4.69, 9.17) is 9.73 Å². The first-order chi connectivity index (χ1) is 15.7. The molecular formula is C27H41NO5. The van der Waals surface area contributed by atoms with E-state index in [9.17, 15) is 20.1 Å². The van der Waals surface area contributed by atoms with Gasteiger partial charge in [-0.25, -0.2) is 4.79 Å². The van der Waals surface area contributed by atoms with Crippen LogP contribution in [0, 0.1) is 28.6 Å². The zero-order chi connectivity index (χ0) is 23.5. The number of nitrogens with zero attached hydrogens (tertiary/aromatic N) is 1. The lowest BCUT2D eigenvalue weighted by Gasteiger charge is -2.65. The van der Waals surface area contributed by atoms with E-state index in [0.717, 1.165) is 51.5 Å². The Hall–Kier alpha value is -1.24. The van der Waals surface area contributed by atoms with Crippen LogP contribution in [0.25, 0.3) is 0 Å². The van der Waals surface area contributed by atoms with Crippen molar-refractivity contribution in [1.29, 1.82) is 0 Å². The van der Waals surface area contributed by atoms with Crippen molar-refractivity contribution in [1.82, 2.24) is 0 Å². The molecule has 0 aromatic rings. The number of aliphatic imine (C=N–C) groups is 1. The van der Waals surface area contributed by atoms with Crippen LogP contribution in [0.2, 0.25) is 0 Å². The second-order valence-corrected chi connectivity index (χ2v) is 11.9. The van der Waals surface area contributed by atoms with Crippen LogP contribution in [0.15, 0.2) is 17.1 Å². The molecule has 0 unspecified atom stereocenters. The van der Waals surface area contributed by atoms with Crippen LogP contribution >= 0.6 is 0 Å². The van der Waals surface area contributed by atoms with Crippen LogP contribution in [0.5, 0.6) is 0 Å². The molecule has 0 radical (unpaired) electrons. The summed E-state index contributed by atoms with van der Waals surface area (Å²) >= 11 is 0. The average molecular weight is 460 g/mol. The molecule has 4 aliphatic carbocycles. The van der Waals surface area contributed by atoms with E-state index in [0.29, 0.717) is 25.7 Å². The summed E-state index contributed by atoms with van der Waals surface area (Å²) in [4.78, 5) is 16.6. The number of aliphatic hydroxyl groups is 3. The van der Waals surface area contributed by atoms with Gasteiger partial charge in [-0.15, -0.1) is 0 Å². The monoisotopic (exact) mass is 459 g/mol. The molecule has 0 aromatic carbocycles. The molecule has 5 aliphatic rings. The van der Waals surface area contributed by atoms with Crippen molar-refractivity contribution >= 4 is 12.2 Å². The standard InChI is InChI=1S/C27H41NO5/c1-3-4-15-28-17-25-12-7-18(29)16-26(25,31)13-9-20-19(25)8-11-24(2)21(10-14-27(20,24)32)22-5-6-23(30)33-22/h5-6,17-22,29,31-32H,3-4,7-16H2,1-2H3/t18-,19+,20-,21+,22+,24-,25+,26-,27+/m1/s1. The van der Waals surface area contributed by atoms with E-state index in [-0.39, 0.29) is 35.2 Å². The molecule has 0 spiro atoms. The van der Waals surface area contributed by atoms with Gasteiger partial charge < -0.3 is 20.1 Å². The first kappa shape index (κ1) is 23.5. The van der Waals surface area contributed by atoms with Gasteiger partial charge in [0.1, 0.15) is 6.10 Å². The number of hydrogen-bond donors (Lipinski definition) is 3. The number of ether oxygens (including phenoxy) is 1. The first-order valence-corrected chi connectivity index (χ1v) is 13.2. The highest BCUT2D eigenvalue weighted by Gasteiger charge is 2.71. The summed E-state index contributed by atoms with van der Waals surface area (Å²) in [5.74, 6) is 0.0656. The molecule has 6 nitrogen and oxygen atoms in total. The molecular weight excluding hydrogens is 418 g/mol. The Morgan fingerprint density at radius 3 is 2.58 bits per heavy atom. The molecule has 3 N–H and O–H groups in total. The topological polar surface area (TPSA) is 99.4 Å². The normalized spacial score (nSPS) is 51.3. The van der Waals surface area contributed by atoms with Gasteiger partial charge in [0, 0.05) is 42.0 Å². The quantitative estimate of drug-likeness (QED) is 0.332. The second-order valence-electron chi connectivity index (χ2n) is 11.9. The third-order valence-corrected chi connectivity index (χ3v) is 10.6. The summed E-state index contributed by atoms with van der Waals surface area (Å²) in [5, 5.41) is 34.8. The smallest absolute Gasteiger partial charge is 0.331 e. The van der Waals surface area contributed by atoms with Gasteiger partial charge in [-0.2, -0.15) is 0 Å². The lowest BCUT2D eigenvalue weighted by Crippen LogP contribution is -2.69. The number of hydrogen-bond acceptors (Lipinski definition) is 6. The van der Waals surface area contributed by atoms with Crippen molar-refractivity contribution in [2.75, 3.05) is 6.54 Å². The fraction of sp³-hybridized carbons (Fsp3) is 0.852. The number of unbranched alkanes of at least 4 members (excludes halogenated alkanes) is 1. The maximum absolute atomic E-state index is 12.4. The SMILES string of the molecule is CCCCN=C[C@]12CC[C@@H](O)C[C@]1(O)CC[C@@H]1[C@@H]2CC[C@]2(C)[C@H]([C@@H]3C=CC(=O)O3)CC[C@]12O. The molecule has 0 saturated heterocycles. The molecule has 9 atom stereocenters. The number of esters is 1. The average Bonchev–Trinajstić information content (AvgIpc) is 3.31. The Bertz CT molecular complexity index is 842. The summed E-state index contributed by atoms with van der Waals surface area (Å²) in [6.45, 7) is 5.12. The predicted molar refractivity (Wildman–Crippen MR) is 126 cm³/mol. The van der Waals surface area contributed by atoms with Crippen LogP contribution in [0.3, 0.4) is 0 Å². The number of rotatable bonds is 5. The number of aliphatic hydroxyl groups excluding tert-OH is 1. The van der Waals surface area contributed by atoms with E-state index in [1.807, 2.05) is 6.08 Å². The van der Waals surface area contributed by atoms with Gasteiger partial charge in [-0.3, -0.25) is 4.99 Å². The van der Waals surface area contributed by atoms with Crippen LogP contribution in [-0.2, 0) is 9.53 Å². The zero-order valence-electron chi connectivity index (χ0n) is 20.2. The van der Waals surface area contributed by atoms with Crippen molar-refractivity contribution in [3.63, 3.8) is 0 Å². The highest BCUT2D eigenvalue weighted by atomic mass is 16.5. The lowest BCUT2D eigenvalue weighted by atomic mass is 9.41. The third-order valence-electron chi connectivity index (χ3n) is 10.6. The lowest BCUT2D eigenvalue weighted by molar-refractivity contribution is -0.241. The molecule has 5 rings (SSSR count). The minimum absolute atomic E-state index is 0.0791. The number of cyclic esters (lactones) is 1. The van der Waals surface area contributed by atoms with Crippen molar-refractivity contribution in [2.24, 2.45) is 33.6 Å². The molecule has 6 heteroatoms. The molecule has 4 saturated carbocycles. The molecule has 1 aliphatic heterocycles. The Balaban J connectivity index is 1.49. The minimum Gasteiger partial charge on any atom is -0.455 e.